The number of likely N-dealkylation sites (tertiary alicyclic amines) is 1. The highest BCUT2D eigenvalue weighted by Gasteiger charge is 2.55. The maximum Gasteiger partial charge on any atom is 0.248 e. The molecule has 0 bridgehead atoms. The number of amides is 3. The van der Waals surface area contributed by atoms with E-state index in [1.165, 1.54) is 31.4 Å². The van der Waals surface area contributed by atoms with Crippen molar-refractivity contribution in [2.24, 2.45) is 17.3 Å². The van der Waals surface area contributed by atoms with Crippen LogP contribution in [0.3, 0.4) is 0 Å². The van der Waals surface area contributed by atoms with Crippen molar-refractivity contribution in [3.05, 3.63) is 18.6 Å². The average molecular weight is 430 g/mol. The topological polar surface area (TPSA) is 116 Å². The first-order chi connectivity index (χ1) is 15.0. The maximum atomic E-state index is 13.3. The summed E-state index contributed by atoms with van der Waals surface area (Å²) in [7, 11) is 0. The number of anilines is 1. The molecule has 2 atom stereocenters. The molecule has 9 nitrogen and oxygen atoms in total. The van der Waals surface area contributed by atoms with Gasteiger partial charge in [-0.15, -0.1) is 0 Å². The van der Waals surface area contributed by atoms with Gasteiger partial charge < -0.3 is 10.2 Å². The Morgan fingerprint density at radius 3 is 2.74 bits per heavy atom. The molecule has 0 radical (unpaired) electrons. The largest absolute Gasteiger partial charge is 0.330 e. The van der Waals surface area contributed by atoms with Crippen LogP contribution in [0.5, 0.6) is 0 Å². The predicted octanol–water partition coefficient (Wildman–Crippen LogP) is 2.23. The van der Waals surface area contributed by atoms with Crippen LogP contribution in [-0.4, -0.2) is 62.5 Å². The summed E-state index contributed by atoms with van der Waals surface area (Å²) in [5.74, 6) is 0.469. The van der Waals surface area contributed by atoms with Gasteiger partial charge in [0.2, 0.25) is 18.2 Å². The van der Waals surface area contributed by atoms with Gasteiger partial charge in [0, 0.05) is 25.4 Å². The molecule has 2 aliphatic carbocycles. The molecule has 4 rings (SSSR count). The van der Waals surface area contributed by atoms with Crippen LogP contribution in [0.1, 0.15) is 57.8 Å². The second-order valence-corrected chi connectivity index (χ2v) is 9.51. The van der Waals surface area contributed by atoms with Crippen molar-refractivity contribution in [2.75, 3.05) is 18.4 Å². The SMILES string of the molecule is O=CN(O)CC(CC(=O)N1CC2(CC2)C[C@H]1C(=O)Nc1cnccn1)CC1CCCC1. The maximum absolute atomic E-state index is 13.3. The molecule has 1 saturated heterocycles. The van der Waals surface area contributed by atoms with Crippen molar-refractivity contribution in [1.82, 2.24) is 19.9 Å². The number of nitrogens with zero attached hydrogens (tertiary/aromatic N) is 4. The molecule has 3 fully saturated rings. The van der Waals surface area contributed by atoms with Crippen LogP contribution in [0.15, 0.2) is 18.6 Å². The van der Waals surface area contributed by atoms with Crippen LogP contribution < -0.4 is 5.32 Å². The first-order valence-electron chi connectivity index (χ1n) is 11.3. The van der Waals surface area contributed by atoms with Crippen molar-refractivity contribution in [3.8, 4) is 0 Å². The van der Waals surface area contributed by atoms with Gasteiger partial charge in [0.25, 0.3) is 0 Å². The zero-order valence-corrected chi connectivity index (χ0v) is 17.8. The van der Waals surface area contributed by atoms with Gasteiger partial charge in [-0.05, 0) is 42.9 Å². The third-order valence-electron chi connectivity index (χ3n) is 7.07. The summed E-state index contributed by atoms with van der Waals surface area (Å²) in [6.45, 7) is 0.734. The monoisotopic (exact) mass is 429 g/mol. The Hall–Kier alpha value is -2.55. The second-order valence-electron chi connectivity index (χ2n) is 9.51. The van der Waals surface area contributed by atoms with Crippen LogP contribution in [0.4, 0.5) is 5.82 Å². The number of nitrogens with one attached hydrogen (secondary N) is 1. The van der Waals surface area contributed by atoms with E-state index in [1.807, 2.05) is 0 Å². The third kappa shape index (κ3) is 5.39. The second kappa shape index (κ2) is 9.30. The number of hydrogen-bond acceptors (Lipinski definition) is 6. The Morgan fingerprint density at radius 2 is 2.10 bits per heavy atom. The van der Waals surface area contributed by atoms with E-state index < -0.39 is 6.04 Å². The molecular formula is C22H31N5O4. The Morgan fingerprint density at radius 1 is 1.32 bits per heavy atom. The van der Waals surface area contributed by atoms with Crippen LogP contribution in [0.25, 0.3) is 0 Å². The number of carbonyl (C=O) groups excluding carboxylic acids is 3. The first kappa shape index (κ1) is 21.7. The van der Waals surface area contributed by atoms with E-state index in [-0.39, 0.29) is 36.1 Å². The zero-order valence-electron chi connectivity index (χ0n) is 17.8. The van der Waals surface area contributed by atoms with Gasteiger partial charge in [0.05, 0.1) is 12.7 Å². The molecule has 0 aromatic carbocycles. The van der Waals surface area contributed by atoms with E-state index in [2.05, 4.69) is 15.3 Å². The van der Waals surface area contributed by atoms with Crippen molar-refractivity contribution in [3.63, 3.8) is 0 Å². The molecule has 31 heavy (non-hydrogen) atoms. The van der Waals surface area contributed by atoms with Gasteiger partial charge in [-0.3, -0.25) is 24.6 Å². The molecule has 1 aromatic heterocycles. The summed E-state index contributed by atoms with van der Waals surface area (Å²) < 4.78 is 0. The normalized spacial score (nSPS) is 23.0. The quantitative estimate of drug-likeness (QED) is 0.353. The molecule has 1 aliphatic heterocycles. The van der Waals surface area contributed by atoms with Crippen LogP contribution in [0, 0.1) is 17.3 Å². The van der Waals surface area contributed by atoms with Crippen LogP contribution in [-0.2, 0) is 14.4 Å². The lowest BCUT2D eigenvalue weighted by Gasteiger charge is -2.28. The zero-order chi connectivity index (χ0) is 21.8. The highest BCUT2D eigenvalue weighted by atomic mass is 16.5. The van der Waals surface area contributed by atoms with E-state index in [0.29, 0.717) is 36.2 Å². The summed E-state index contributed by atoms with van der Waals surface area (Å²) in [6.07, 6.45) is 13.3. The third-order valence-corrected chi connectivity index (χ3v) is 7.07. The average Bonchev–Trinajstić information content (AvgIpc) is 3.13. The number of aromatic nitrogens is 2. The van der Waals surface area contributed by atoms with E-state index in [9.17, 15) is 19.6 Å². The Bertz CT molecular complexity index is 794. The minimum atomic E-state index is -0.527. The molecule has 3 aliphatic rings. The summed E-state index contributed by atoms with van der Waals surface area (Å²) in [6, 6.07) is -0.527. The summed E-state index contributed by atoms with van der Waals surface area (Å²) in [4.78, 5) is 47.0. The predicted molar refractivity (Wildman–Crippen MR) is 112 cm³/mol. The van der Waals surface area contributed by atoms with Gasteiger partial charge in [0.15, 0.2) is 5.82 Å². The summed E-state index contributed by atoms with van der Waals surface area (Å²) >= 11 is 0. The van der Waals surface area contributed by atoms with Crippen LogP contribution >= 0.6 is 0 Å². The Kier molecular flexibility index (Phi) is 6.50. The van der Waals surface area contributed by atoms with Crippen molar-refractivity contribution in [1.29, 1.82) is 0 Å². The number of hydroxylamine groups is 2. The van der Waals surface area contributed by atoms with Crippen LogP contribution in [0.2, 0.25) is 0 Å². The molecule has 2 heterocycles. The van der Waals surface area contributed by atoms with Gasteiger partial charge in [-0.1, -0.05) is 25.7 Å². The standard InChI is InChI=1S/C22H31N5O4/c28-15-26(31)13-17(9-16-3-1-2-4-16)10-20(29)27-14-22(5-6-22)11-18(27)21(30)25-19-12-23-7-8-24-19/h7-8,12,15-18,31H,1-6,9-11,13-14H2,(H,24,25,30)/t17?,18-/m0/s1. The fourth-order valence-electron chi connectivity index (χ4n) is 5.28. The summed E-state index contributed by atoms with van der Waals surface area (Å²) in [5.41, 5.74) is 0.0623. The highest BCUT2D eigenvalue weighted by Crippen LogP contribution is 2.55. The van der Waals surface area contributed by atoms with E-state index in [1.54, 1.807) is 4.90 Å². The number of carbonyl (C=O) groups is 3. The smallest absolute Gasteiger partial charge is 0.248 e. The molecule has 168 valence electrons. The molecule has 3 amide bonds. The Labute approximate surface area is 182 Å². The first-order valence-corrected chi connectivity index (χ1v) is 11.3. The molecule has 2 saturated carbocycles. The fraction of sp³-hybridized carbons (Fsp3) is 0.682. The molecule has 1 unspecified atom stereocenters. The van der Waals surface area contributed by atoms with E-state index in [4.69, 9.17) is 0 Å². The molecule has 9 heteroatoms. The molecule has 1 spiro atoms. The van der Waals surface area contributed by atoms with E-state index in [0.717, 1.165) is 32.1 Å². The Balaban J connectivity index is 1.43. The molecule has 1 aromatic rings. The van der Waals surface area contributed by atoms with Gasteiger partial charge >= 0.3 is 0 Å². The summed E-state index contributed by atoms with van der Waals surface area (Å²) in [5, 5.41) is 13.2. The van der Waals surface area contributed by atoms with Gasteiger partial charge in [0.1, 0.15) is 6.04 Å². The van der Waals surface area contributed by atoms with Gasteiger partial charge in [-0.2, -0.15) is 0 Å². The van der Waals surface area contributed by atoms with E-state index >= 15 is 0 Å². The lowest BCUT2D eigenvalue weighted by Crippen LogP contribution is -2.44. The minimum Gasteiger partial charge on any atom is -0.330 e. The number of rotatable bonds is 9. The van der Waals surface area contributed by atoms with Crippen molar-refractivity contribution < 1.29 is 19.6 Å². The lowest BCUT2D eigenvalue weighted by molar-refractivity contribution is -0.154. The molecular weight excluding hydrogens is 398 g/mol. The minimum absolute atomic E-state index is 0.0623. The molecule has 2 N–H and O–H groups in total. The number of hydrogen-bond donors (Lipinski definition) is 2. The van der Waals surface area contributed by atoms with Crippen molar-refractivity contribution >= 4 is 24.0 Å². The highest BCUT2D eigenvalue weighted by molar-refractivity contribution is 5.97. The lowest BCUT2D eigenvalue weighted by atomic mass is 9.90. The van der Waals surface area contributed by atoms with Gasteiger partial charge in [-0.25, -0.2) is 10.0 Å². The fourth-order valence-corrected chi connectivity index (χ4v) is 5.28. The van der Waals surface area contributed by atoms with Crippen molar-refractivity contribution in [2.45, 2.75) is 63.8 Å².